The van der Waals surface area contributed by atoms with Crippen molar-refractivity contribution in [1.82, 2.24) is 9.55 Å². The lowest BCUT2D eigenvalue weighted by molar-refractivity contribution is 0.721. The molecular formula is C14H16N4. The number of aromatic nitrogens is 2. The summed E-state index contributed by atoms with van der Waals surface area (Å²) >= 11 is 0. The van der Waals surface area contributed by atoms with E-state index in [1.54, 1.807) is 6.20 Å². The first-order valence-electron chi connectivity index (χ1n) is 5.87. The Kier molecular flexibility index (Phi) is 3.33. The minimum absolute atomic E-state index is 0.0545. The van der Waals surface area contributed by atoms with Crippen LogP contribution in [0.3, 0.4) is 0 Å². The number of anilines is 1. The average molecular weight is 240 g/mol. The zero-order valence-corrected chi connectivity index (χ0v) is 10.8. The number of rotatable bonds is 3. The van der Waals surface area contributed by atoms with E-state index >= 15 is 0 Å². The molecule has 0 saturated heterocycles. The predicted molar refractivity (Wildman–Crippen MR) is 71.1 cm³/mol. The fraction of sp³-hybridized carbons (Fsp3) is 0.286. The molecule has 0 spiro atoms. The molecule has 1 atom stereocenters. The van der Waals surface area contributed by atoms with Crippen LogP contribution in [-0.4, -0.2) is 9.55 Å². The van der Waals surface area contributed by atoms with Crippen molar-refractivity contribution in [3.63, 3.8) is 0 Å². The van der Waals surface area contributed by atoms with E-state index in [2.05, 4.69) is 16.4 Å². The molecule has 0 fully saturated rings. The Morgan fingerprint density at radius 3 is 2.83 bits per heavy atom. The van der Waals surface area contributed by atoms with Gasteiger partial charge in [-0.25, -0.2) is 4.98 Å². The van der Waals surface area contributed by atoms with Crippen molar-refractivity contribution < 1.29 is 0 Å². The first kappa shape index (κ1) is 12.2. The van der Waals surface area contributed by atoms with Crippen LogP contribution in [0.25, 0.3) is 0 Å². The van der Waals surface area contributed by atoms with E-state index in [9.17, 15) is 5.26 Å². The fourth-order valence-electron chi connectivity index (χ4n) is 2.03. The minimum Gasteiger partial charge on any atom is -0.374 e. The lowest BCUT2D eigenvalue weighted by Gasteiger charge is -2.16. The van der Waals surface area contributed by atoms with Crippen molar-refractivity contribution in [2.24, 2.45) is 7.05 Å². The molecule has 0 aliphatic heterocycles. The number of aryl methyl sites for hydroxylation is 2. The normalized spacial score (nSPS) is 11.9. The van der Waals surface area contributed by atoms with Gasteiger partial charge in [0, 0.05) is 19.4 Å². The maximum atomic E-state index is 9.19. The molecule has 2 aromatic rings. The van der Waals surface area contributed by atoms with Gasteiger partial charge in [-0.2, -0.15) is 5.26 Å². The second-order valence-corrected chi connectivity index (χ2v) is 4.37. The molecule has 0 aliphatic carbocycles. The molecule has 1 heterocycles. The Bertz CT molecular complexity index is 592. The molecule has 2 rings (SSSR count). The van der Waals surface area contributed by atoms with E-state index in [4.69, 9.17) is 0 Å². The van der Waals surface area contributed by atoms with Crippen LogP contribution in [0.15, 0.2) is 30.6 Å². The molecule has 18 heavy (non-hydrogen) atoms. The van der Waals surface area contributed by atoms with Gasteiger partial charge in [0.15, 0.2) is 0 Å². The van der Waals surface area contributed by atoms with E-state index in [0.717, 1.165) is 17.1 Å². The van der Waals surface area contributed by atoms with Gasteiger partial charge in [0.2, 0.25) is 0 Å². The topological polar surface area (TPSA) is 53.6 Å². The number of nitrogens with one attached hydrogen (secondary N) is 1. The molecule has 92 valence electrons. The summed E-state index contributed by atoms with van der Waals surface area (Å²) in [6, 6.07) is 8.10. The molecular weight excluding hydrogens is 224 g/mol. The van der Waals surface area contributed by atoms with E-state index in [1.165, 1.54) is 0 Å². The highest BCUT2D eigenvalue weighted by Gasteiger charge is 2.12. The maximum absolute atomic E-state index is 9.19. The first-order valence-corrected chi connectivity index (χ1v) is 5.87. The van der Waals surface area contributed by atoms with Gasteiger partial charge in [-0.15, -0.1) is 0 Å². The molecule has 0 bridgehead atoms. The van der Waals surface area contributed by atoms with Crippen molar-refractivity contribution in [2.75, 3.05) is 5.32 Å². The zero-order chi connectivity index (χ0) is 13.1. The number of benzene rings is 1. The molecule has 4 nitrogen and oxygen atoms in total. The second kappa shape index (κ2) is 4.92. The van der Waals surface area contributed by atoms with Gasteiger partial charge >= 0.3 is 0 Å². The molecule has 1 aromatic heterocycles. The third kappa shape index (κ3) is 2.21. The lowest BCUT2D eigenvalue weighted by Crippen LogP contribution is -2.12. The Labute approximate surface area is 107 Å². The average Bonchev–Trinajstić information content (AvgIpc) is 2.76. The van der Waals surface area contributed by atoms with Gasteiger partial charge < -0.3 is 9.88 Å². The summed E-state index contributed by atoms with van der Waals surface area (Å²) in [5.74, 6) is 0.945. The molecule has 1 unspecified atom stereocenters. The highest BCUT2D eigenvalue weighted by Crippen LogP contribution is 2.23. The number of hydrogen-bond donors (Lipinski definition) is 1. The fourth-order valence-corrected chi connectivity index (χ4v) is 2.03. The minimum atomic E-state index is 0.0545. The third-order valence-electron chi connectivity index (χ3n) is 3.00. The molecule has 0 aliphatic rings. The third-order valence-corrected chi connectivity index (χ3v) is 3.00. The van der Waals surface area contributed by atoms with Gasteiger partial charge in [0.25, 0.3) is 0 Å². The van der Waals surface area contributed by atoms with Crippen LogP contribution >= 0.6 is 0 Å². The van der Waals surface area contributed by atoms with E-state index in [1.807, 2.05) is 49.9 Å². The van der Waals surface area contributed by atoms with Crippen molar-refractivity contribution in [3.8, 4) is 6.07 Å². The molecule has 0 amide bonds. The Morgan fingerprint density at radius 1 is 1.44 bits per heavy atom. The Morgan fingerprint density at radius 2 is 2.22 bits per heavy atom. The van der Waals surface area contributed by atoms with Gasteiger partial charge in [0.1, 0.15) is 11.9 Å². The molecule has 0 saturated carbocycles. The highest BCUT2D eigenvalue weighted by atomic mass is 15.1. The van der Waals surface area contributed by atoms with Crippen LogP contribution < -0.4 is 5.32 Å². The van der Waals surface area contributed by atoms with Crippen molar-refractivity contribution in [2.45, 2.75) is 19.9 Å². The quantitative estimate of drug-likeness (QED) is 0.897. The number of hydrogen-bond acceptors (Lipinski definition) is 3. The predicted octanol–water partition coefficient (Wildman–Crippen LogP) is 2.77. The largest absolute Gasteiger partial charge is 0.374 e. The van der Waals surface area contributed by atoms with Gasteiger partial charge in [-0.05, 0) is 25.5 Å². The van der Waals surface area contributed by atoms with Gasteiger partial charge in [-0.3, -0.25) is 0 Å². The smallest absolute Gasteiger partial charge is 0.130 e. The standard InChI is InChI=1S/C14H16N4/c1-10-5-4-6-13(12(10)9-15)17-11(2)14-16-7-8-18(14)3/h4-8,11,17H,1-3H3. The molecule has 1 aromatic carbocycles. The summed E-state index contributed by atoms with van der Waals surface area (Å²) in [4.78, 5) is 4.31. The summed E-state index contributed by atoms with van der Waals surface area (Å²) in [7, 11) is 1.96. The Hall–Kier alpha value is -2.28. The molecule has 4 heteroatoms. The second-order valence-electron chi connectivity index (χ2n) is 4.37. The monoisotopic (exact) mass is 240 g/mol. The van der Waals surface area contributed by atoms with Gasteiger partial charge in [-0.1, -0.05) is 12.1 Å². The number of imidazole rings is 1. The molecule has 0 radical (unpaired) electrons. The highest BCUT2D eigenvalue weighted by molar-refractivity contribution is 5.61. The summed E-state index contributed by atoms with van der Waals surface area (Å²) < 4.78 is 1.97. The van der Waals surface area contributed by atoms with Crippen LogP contribution in [0.4, 0.5) is 5.69 Å². The van der Waals surface area contributed by atoms with Crippen LogP contribution in [0.1, 0.15) is 29.9 Å². The summed E-state index contributed by atoms with van der Waals surface area (Å²) in [5.41, 5.74) is 2.53. The molecule has 1 N–H and O–H groups in total. The van der Waals surface area contributed by atoms with Crippen LogP contribution in [0.5, 0.6) is 0 Å². The zero-order valence-electron chi connectivity index (χ0n) is 10.8. The van der Waals surface area contributed by atoms with Crippen molar-refractivity contribution in [3.05, 3.63) is 47.5 Å². The number of nitriles is 1. The lowest BCUT2D eigenvalue weighted by atomic mass is 10.1. The van der Waals surface area contributed by atoms with Crippen LogP contribution in [0.2, 0.25) is 0 Å². The van der Waals surface area contributed by atoms with Crippen molar-refractivity contribution in [1.29, 1.82) is 5.26 Å². The Balaban J connectivity index is 2.28. The van der Waals surface area contributed by atoms with Crippen LogP contribution in [-0.2, 0) is 7.05 Å². The number of nitrogens with zero attached hydrogens (tertiary/aromatic N) is 3. The van der Waals surface area contributed by atoms with E-state index in [0.29, 0.717) is 5.56 Å². The first-order chi connectivity index (χ1) is 8.63. The van der Waals surface area contributed by atoms with E-state index in [-0.39, 0.29) is 6.04 Å². The van der Waals surface area contributed by atoms with Crippen LogP contribution in [0, 0.1) is 18.3 Å². The summed E-state index contributed by atoms with van der Waals surface area (Å²) in [6.07, 6.45) is 3.68. The summed E-state index contributed by atoms with van der Waals surface area (Å²) in [6.45, 7) is 3.97. The van der Waals surface area contributed by atoms with Gasteiger partial charge in [0.05, 0.1) is 17.3 Å². The summed E-state index contributed by atoms with van der Waals surface area (Å²) in [5, 5.41) is 12.5. The SMILES string of the molecule is Cc1cccc(NC(C)c2nccn2C)c1C#N. The van der Waals surface area contributed by atoms with Crippen molar-refractivity contribution >= 4 is 5.69 Å². The maximum Gasteiger partial charge on any atom is 0.130 e. The van der Waals surface area contributed by atoms with E-state index < -0.39 is 0 Å².